The summed E-state index contributed by atoms with van der Waals surface area (Å²) >= 11 is 0. The molecule has 2 aromatic rings. The molecule has 1 fully saturated rings. The van der Waals surface area contributed by atoms with Gasteiger partial charge < -0.3 is 9.80 Å². The summed E-state index contributed by atoms with van der Waals surface area (Å²) in [7, 11) is 3.69. The zero-order chi connectivity index (χ0) is 17.3. The van der Waals surface area contributed by atoms with E-state index in [0.717, 1.165) is 43.3 Å². The minimum absolute atomic E-state index is 0.0113. The van der Waals surface area contributed by atoms with E-state index in [-0.39, 0.29) is 11.9 Å². The third kappa shape index (κ3) is 3.39. The van der Waals surface area contributed by atoms with Crippen LogP contribution >= 0.6 is 0 Å². The first-order valence-electron chi connectivity index (χ1n) is 8.28. The normalized spacial score (nSPS) is 15.6. The van der Waals surface area contributed by atoms with Crippen LogP contribution in [0.15, 0.2) is 18.3 Å². The number of aromatic nitrogens is 4. The Morgan fingerprint density at radius 2 is 1.96 bits per heavy atom. The summed E-state index contributed by atoms with van der Waals surface area (Å²) in [6.45, 7) is 5.69. The second-order valence-electron chi connectivity index (χ2n) is 6.42. The summed E-state index contributed by atoms with van der Waals surface area (Å²) in [5.74, 6) is 1.77. The molecule has 0 unspecified atom stereocenters. The third-order valence-corrected chi connectivity index (χ3v) is 4.54. The Morgan fingerprint density at radius 3 is 2.54 bits per heavy atom. The minimum Gasteiger partial charge on any atom is -0.356 e. The van der Waals surface area contributed by atoms with Gasteiger partial charge >= 0.3 is 0 Å². The minimum atomic E-state index is -0.0113. The Kier molecular flexibility index (Phi) is 4.51. The van der Waals surface area contributed by atoms with Gasteiger partial charge in [0.1, 0.15) is 17.3 Å². The molecule has 3 heterocycles. The summed E-state index contributed by atoms with van der Waals surface area (Å²) in [4.78, 5) is 25.5. The second kappa shape index (κ2) is 6.59. The van der Waals surface area contributed by atoms with Crippen LogP contribution in [0.4, 0.5) is 5.82 Å². The van der Waals surface area contributed by atoms with Crippen LogP contribution < -0.4 is 4.90 Å². The molecule has 0 radical (unpaired) electrons. The molecule has 0 N–H and O–H groups in total. The molecule has 0 bridgehead atoms. The average molecular weight is 328 g/mol. The monoisotopic (exact) mass is 328 g/mol. The highest BCUT2D eigenvalue weighted by atomic mass is 16.2. The number of hydrogen-bond donors (Lipinski definition) is 0. The highest BCUT2D eigenvalue weighted by Gasteiger charge is 2.27. The number of carbonyl (C=O) groups is 1. The van der Waals surface area contributed by atoms with E-state index in [1.165, 1.54) is 0 Å². The number of rotatable bonds is 3. The fourth-order valence-corrected chi connectivity index (χ4v) is 3.22. The van der Waals surface area contributed by atoms with Crippen molar-refractivity contribution in [3.63, 3.8) is 0 Å². The van der Waals surface area contributed by atoms with Gasteiger partial charge in [-0.3, -0.25) is 9.48 Å². The van der Waals surface area contributed by atoms with Crippen molar-refractivity contribution >= 4 is 11.7 Å². The first-order valence-corrected chi connectivity index (χ1v) is 8.28. The van der Waals surface area contributed by atoms with Gasteiger partial charge in [-0.25, -0.2) is 9.97 Å². The number of aryl methyl sites for hydroxylation is 3. The number of anilines is 1. The molecule has 0 aliphatic carbocycles. The first-order chi connectivity index (χ1) is 11.4. The summed E-state index contributed by atoms with van der Waals surface area (Å²) in [5.41, 5.74) is 1.49. The maximum absolute atomic E-state index is 12.5. The fourth-order valence-electron chi connectivity index (χ4n) is 3.22. The van der Waals surface area contributed by atoms with E-state index < -0.39 is 0 Å². The molecular weight excluding hydrogens is 304 g/mol. The lowest BCUT2D eigenvalue weighted by Crippen LogP contribution is -2.46. The summed E-state index contributed by atoms with van der Waals surface area (Å²) < 4.78 is 1.66. The van der Waals surface area contributed by atoms with Gasteiger partial charge in [-0.05, 0) is 32.8 Å². The summed E-state index contributed by atoms with van der Waals surface area (Å²) in [6.07, 6.45) is 3.65. The van der Waals surface area contributed by atoms with Gasteiger partial charge in [0.2, 0.25) is 0 Å². The van der Waals surface area contributed by atoms with Gasteiger partial charge in [0, 0.05) is 51.2 Å². The SMILES string of the molecule is Cc1cc(N2CCC(N(C)C(=O)c3ccn(C)n3)CC2)nc(C)n1. The predicted molar refractivity (Wildman–Crippen MR) is 92.0 cm³/mol. The molecule has 2 aromatic heterocycles. The predicted octanol–water partition coefficient (Wildman–Crippen LogP) is 1.57. The Hall–Kier alpha value is -2.44. The molecule has 1 amide bonds. The van der Waals surface area contributed by atoms with E-state index in [1.54, 1.807) is 16.9 Å². The van der Waals surface area contributed by atoms with Crippen LogP contribution in [0.2, 0.25) is 0 Å². The molecule has 1 saturated heterocycles. The van der Waals surface area contributed by atoms with Gasteiger partial charge in [-0.15, -0.1) is 0 Å². The lowest BCUT2D eigenvalue weighted by Gasteiger charge is -2.37. The van der Waals surface area contributed by atoms with E-state index in [4.69, 9.17) is 0 Å². The molecule has 128 valence electrons. The smallest absolute Gasteiger partial charge is 0.274 e. The molecule has 3 rings (SSSR count). The van der Waals surface area contributed by atoms with E-state index in [1.807, 2.05) is 38.9 Å². The van der Waals surface area contributed by atoms with Crippen molar-refractivity contribution in [1.82, 2.24) is 24.6 Å². The van der Waals surface area contributed by atoms with Crippen molar-refractivity contribution in [3.8, 4) is 0 Å². The summed E-state index contributed by atoms with van der Waals surface area (Å²) in [6, 6.07) is 4.02. The van der Waals surface area contributed by atoms with E-state index in [0.29, 0.717) is 5.69 Å². The van der Waals surface area contributed by atoms with Crippen molar-refractivity contribution in [1.29, 1.82) is 0 Å². The largest absolute Gasteiger partial charge is 0.356 e. The number of piperidine rings is 1. The van der Waals surface area contributed by atoms with Gasteiger partial charge in [0.05, 0.1) is 0 Å². The number of carbonyl (C=O) groups excluding carboxylic acids is 1. The standard InChI is InChI=1S/C17H24N6O/c1-12-11-16(19-13(2)18-12)23-9-5-14(6-10-23)22(4)17(24)15-7-8-21(3)20-15/h7-8,11,14H,5-6,9-10H2,1-4H3. The van der Waals surface area contributed by atoms with Gasteiger partial charge in [0.15, 0.2) is 0 Å². The maximum Gasteiger partial charge on any atom is 0.274 e. The molecule has 1 aliphatic heterocycles. The topological polar surface area (TPSA) is 67.2 Å². The zero-order valence-corrected chi connectivity index (χ0v) is 14.7. The molecule has 0 aromatic carbocycles. The summed E-state index contributed by atoms with van der Waals surface area (Å²) in [5, 5.41) is 4.21. The highest BCUT2D eigenvalue weighted by molar-refractivity contribution is 5.92. The van der Waals surface area contributed by atoms with Crippen molar-refractivity contribution < 1.29 is 4.79 Å². The lowest BCUT2D eigenvalue weighted by atomic mass is 10.0. The van der Waals surface area contributed by atoms with Crippen molar-refractivity contribution in [3.05, 3.63) is 35.5 Å². The van der Waals surface area contributed by atoms with Gasteiger partial charge in [-0.1, -0.05) is 0 Å². The molecule has 1 aliphatic rings. The Balaban J connectivity index is 1.63. The van der Waals surface area contributed by atoms with Crippen molar-refractivity contribution in [2.24, 2.45) is 7.05 Å². The van der Waals surface area contributed by atoms with Gasteiger partial charge in [0.25, 0.3) is 5.91 Å². The van der Waals surface area contributed by atoms with E-state index in [9.17, 15) is 4.79 Å². The molecule has 24 heavy (non-hydrogen) atoms. The fraction of sp³-hybridized carbons (Fsp3) is 0.529. The Bertz CT molecular complexity index is 712. The van der Waals surface area contributed by atoms with Crippen LogP contribution in [0.3, 0.4) is 0 Å². The quantitative estimate of drug-likeness (QED) is 0.855. The highest BCUT2D eigenvalue weighted by Crippen LogP contribution is 2.22. The maximum atomic E-state index is 12.5. The molecule has 0 atom stereocenters. The average Bonchev–Trinajstić information content (AvgIpc) is 2.99. The molecule has 0 saturated carbocycles. The number of hydrogen-bond acceptors (Lipinski definition) is 5. The lowest BCUT2D eigenvalue weighted by molar-refractivity contribution is 0.0702. The van der Waals surface area contributed by atoms with Crippen LogP contribution in [0.25, 0.3) is 0 Å². The van der Waals surface area contributed by atoms with Crippen LogP contribution in [0.1, 0.15) is 34.8 Å². The molecular formula is C17H24N6O. The van der Waals surface area contributed by atoms with Crippen LogP contribution in [-0.4, -0.2) is 56.7 Å². The molecule has 0 spiro atoms. The first kappa shape index (κ1) is 16.4. The number of amides is 1. The van der Waals surface area contributed by atoms with Crippen LogP contribution in [0.5, 0.6) is 0 Å². The second-order valence-corrected chi connectivity index (χ2v) is 6.42. The van der Waals surface area contributed by atoms with Crippen LogP contribution in [0, 0.1) is 13.8 Å². The van der Waals surface area contributed by atoms with E-state index >= 15 is 0 Å². The Labute approximate surface area is 142 Å². The molecule has 7 nitrogen and oxygen atoms in total. The zero-order valence-electron chi connectivity index (χ0n) is 14.7. The van der Waals surface area contributed by atoms with Crippen LogP contribution in [-0.2, 0) is 7.05 Å². The van der Waals surface area contributed by atoms with Crippen molar-refractivity contribution in [2.45, 2.75) is 32.7 Å². The van der Waals surface area contributed by atoms with Crippen molar-refractivity contribution in [2.75, 3.05) is 25.0 Å². The number of nitrogens with zero attached hydrogens (tertiary/aromatic N) is 6. The Morgan fingerprint density at radius 1 is 1.25 bits per heavy atom. The third-order valence-electron chi connectivity index (χ3n) is 4.54. The van der Waals surface area contributed by atoms with E-state index in [2.05, 4.69) is 20.0 Å². The van der Waals surface area contributed by atoms with Gasteiger partial charge in [-0.2, -0.15) is 5.10 Å². The molecule has 7 heteroatoms.